The van der Waals surface area contributed by atoms with Crippen molar-refractivity contribution in [1.29, 1.82) is 0 Å². The van der Waals surface area contributed by atoms with Crippen molar-refractivity contribution in [1.82, 2.24) is 0 Å². The molecule has 0 unspecified atom stereocenters. The molecule has 1 aromatic rings. The molecule has 0 aromatic heterocycles. The number of methoxy groups -OCH3 is 1. The highest BCUT2D eigenvalue weighted by Crippen LogP contribution is 2.28. The van der Waals surface area contributed by atoms with Crippen molar-refractivity contribution in [2.45, 2.75) is 20.3 Å². The van der Waals surface area contributed by atoms with Crippen LogP contribution in [0.1, 0.15) is 30.6 Å². The third-order valence-electron chi connectivity index (χ3n) is 3.18. The zero-order chi connectivity index (χ0) is 16.0. The lowest BCUT2D eigenvalue weighted by Gasteiger charge is -2.25. The Morgan fingerprint density at radius 1 is 1.48 bits per heavy atom. The van der Waals surface area contributed by atoms with Gasteiger partial charge in [-0.25, -0.2) is 4.79 Å². The van der Waals surface area contributed by atoms with Crippen LogP contribution in [-0.4, -0.2) is 36.3 Å². The van der Waals surface area contributed by atoms with Gasteiger partial charge in [-0.3, -0.25) is 10.1 Å². The van der Waals surface area contributed by atoms with Gasteiger partial charge in [-0.15, -0.1) is 0 Å². The third kappa shape index (κ3) is 5.03. The maximum absolute atomic E-state index is 11.0. The highest BCUT2D eigenvalue weighted by molar-refractivity contribution is 5.90. The number of nitrogens with zero attached hydrogens (tertiary/aromatic N) is 1. The second-order valence-electron chi connectivity index (χ2n) is 5.55. The average molecular weight is 296 g/mol. The fourth-order valence-electron chi connectivity index (χ4n) is 1.77. The molecule has 2 N–H and O–H groups in total. The first kappa shape index (κ1) is 16.9. The molecule has 0 fully saturated rings. The molecule has 116 valence electrons. The van der Waals surface area contributed by atoms with E-state index in [1.165, 1.54) is 18.2 Å². The van der Waals surface area contributed by atoms with E-state index in [0.717, 1.165) is 6.42 Å². The van der Waals surface area contributed by atoms with E-state index in [0.29, 0.717) is 13.2 Å². The maximum Gasteiger partial charge on any atom is 0.335 e. The Kier molecular flexibility index (Phi) is 5.66. The van der Waals surface area contributed by atoms with E-state index in [4.69, 9.17) is 9.84 Å². The van der Waals surface area contributed by atoms with Gasteiger partial charge in [-0.05, 0) is 24.0 Å². The summed E-state index contributed by atoms with van der Waals surface area (Å²) in [5, 5.41) is 22.9. The van der Waals surface area contributed by atoms with E-state index in [2.05, 4.69) is 5.32 Å². The molecule has 0 heterocycles. The molecule has 7 heteroatoms. The lowest BCUT2D eigenvalue weighted by Crippen LogP contribution is -2.25. The SMILES string of the molecule is COCCC(C)(C)CNc1cc(C(=O)O)ccc1[N+](=O)[O-]. The summed E-state index contributed by atoms with van der Waals surface area (Å²) < 4.78 is 5.03. The lowest BCUT2D eigenvalue weighted by molar-refractivity contribution is -0.384. The van der Waals surface area contributed by atoms with Gasteiger partial charge in [0.2, 0.25) is 0 Å². The number of carboxylic acid groups (broad SMARTS) is 1. The Hall–Kier alpha value is -2.15. The van der Waals surface area contributed by atoms with Gasteiger partial charge in [0.05, 0.1) is 10.5 Å². The minimum atomic E-state index is -1.12. The number of benzene rings is 1. The average Bonchev–Trinajstić information content (AvgIpc) is 2.42. The molecule has 0 atom stereocenters. The fourth-order valence-corrected chi connectivity index (χ4v) is 1.77. The lowest BCUT2D eigenvalue weighted by atomic mass is 9.89. The van der Waals surface area contributed by atoms with Crippen LogP contribution < -0.4 is 5.32 Å². The zero-order valence-corrected chi connectivity index (χ0v) is 12.4. The highest BCUT2D eigenvalue weighted by Gasteiger charge is 2.21. The number of ether oxygens (including phenoxy) is 1. The number of carboxylic acids is 1. The summed E-state index contributed by atoms with van der Waals surface area (Å²) in [7, 11) is 1.62. The van der Waals surface area contributed by atoms with Crippen molar-refractivity contribution in [2.24, 2.45) is 5.41 Å². The Bertz CT molecular complexity index is 528. The van der Waals surface area contributed by atoms with E-state index in [1.54, 1.807) is 7.11 Å². The summed E-state index contributed by atoms with van der Waals surface area (Å²) in [5.41, 5.74) is -0.0472. The maximum atomic E-state index is 11.0. The van der Waals surface area contributed by atoms with Crippen LogP contribution in [0, 0.1) is 15.5 Å². The highest BCUT2D eigenvalue weighted by atomic mass is 16.6. The topological polar surface area (TPSA) is 102 Å². The summed E-state index contributed by atoms with van der Waals surface area (Å²) in [6, 6.07) is 3.71. The number of nitro benzene ring substituents is 1. The minimum Gasteiger partial charge on any atom is -0.478 e. The quantitative estimate of drug-likeness (QED) is 0.565. The van der Waals surface area contributed by atoms with Gasteiger partial charge >= 0.3 is 5.97 Å². The van der Waals surface area contributed by atoms with Gasteiger partial charge in [0.15, 0.2) is 0 Å². The largest absolute Gasteiger partial charge is 0.478 e. The summed E-state index contributed by atoms with van der Waals surface area (Å²) in [6.07, 6.45) is 0.781. The van der Waals surface area contributed by atoms with Crippen LogP contribution in [0.5, 0.6) is 0 Å². The Morgan fingerprint density at radius 2 is 2.14 bits per heavy atom. The van der Waals surface area contributed by atoms with Gasteiger partial charge in [-0.1, -0.05) is 13.8 Å². The molecule has 0 amide bonds. The number of hydrogen-bond acceptors (Lipinski definition) is 5. The van der Waals surface area contributed by atoms with Crippen molar-refractivity contribution in [3.05, 3.63) is 33.9 Å². The number of nitro groups is 1. The van der Waals surface area contributed by atoms with Crippen LogP contribution in [0.4, 0.5) is 11.4 Å². The molecule has 0 aliphatic carbocycles. The van der Waals surface area contributed by atoms with E-state index < -0.39 is 10.9 Å². The van der Waals surface area contributed by atoms with Gasteiger partial charge < -0.3 is 15.2 Å². The van der Waals surface area contributed by atoms with E-state index >= 15 is 0 Å². The van der Waals surface area contributed by atoms with Crippen molar-refractivity contribution < 1.29 is 19.6 Å². The Balaban J connectivity index is 2.92. The molecular weight excluding hydrogens is 276 g/mol. The summed E-state index contributed by atoms with van der Waals surface area (Å²) >= 11 is 0. The third-order valence-corrected chi connectivity index (χ3v) is 3.18. The van der Waals surface area contributed by atoms with Crippen LogP contribution in [0.2, 0.25) is 0 Å². The summed E-state index contributed by atoms with van der Waals surface area (Å²) in [5.74, 6) is -1.12. The molecule has 1 rings (SSSR count). The molecule has 7 nitrogen and oxygen atoms in total. The summed E-state index contributed by atoms with van der Waals surface area (Å²) in [4.78, 5) is 21.4. The van der Waals surface area contributed by atoms with Crippen molar-refractivity contribution in [3.63, 3.8) is 0 Å². The van der Waals surface area contributed by atoms with Crippen LogP contribution >= 0.6 is 0 Å². The molecule has 21 heavy (non-hydrogen) atoms. The molecule has 0 aliphatic heterocycles. The van der Waals surface area contributed by atoms with E-state index in [9.17, 15) is 14.9 Å². The van der Waals surface area contributed by atoms with Crippen LogP contribution in [0.25, 0.3) is 0 Å². The molecule has 1 aromatic carbocycles. The van der Waals surface area contributed by atoms with E-state index in [-0.39, 0.29) is 22.4 Å². The zero-order valence-electron chi connectivity index (χ0n) is 12.4. The Labute approximate surface area is 123 Å². The number of nitrogens with one attached hydrogen (secondary N) is 1. The first-order valence-corrected chi connectivity index (χ1v) is 6.51. The first-order valence-electron chi connectivity index (χ1n) is 6.51. The standard InChI is InChI=1S/C14H20N2O5/c1-14(2,6-7-21-3)9-15-11-8-10(13(17)18)4-5-12(11)16(19)20/h4-5,8,15H,6-7,9H2,1-3H3,(H,17,18). The van der Waals surface area contributed by atoms with E-state index in [1.807, 2.05) is 13.8 Å². The molecule has 0 radical (unpaired) electrons. The second-order valence-corrected chi connectivity index (χ2v) is 5.55. The number of carbonyl (C=O) groups is 1. The van der Waals surface area contributed by atoms with Crippen LogP contribution in [-0.2, 0) is 4.74 Å². The molecule has 0 bridgehead atoms. The van der Waals surface area contributed by atoms with Crippen molar-refractivity contribution >= 4 is 17.3 Å². The van der Waals surface area contributed by atoms with Crippen LogP contribution in [0.3, 0.4) is 0 Å². The number of aromatic carboxylic acids is 1. The summed E-state index contributed by atoms with van der Waals surface area (Å²) in [6.45, 7) is 5.07. The minimum absolute atomic E-state index is 0.0118. The van der Waals surface area contributed by atoms with Gasteiger partial charge in [0.1, 0.15) is 5.69 Å². The molecule has 0 spiro atoms. The Morgan fingerprint density at radius 3 is 2.67 bits per heavy atom. The number of anilines is 1. The monoisotopic (exact) mass is 296 g/mol. The van der Waals surface area contributed by atoms with Gasteiger partial charge in [0.25, 0.3) is 5.69 Å². The first-order chi connectivity index (χ1) is 9.76. The molecule has 0 aliphatic rings. The fraction of sp³-hybridized carbons (Fsp3) is 0.500. The molecule has 0 saturated carbocycles. The van der Waals surface area contributed by atoms with Crippen molar-refractivity contribution in [2.75, 3.05) is 25.6 Å². The van der Waals surface area contributed by atoms with Gasteiger partial charge in [0, 0.05) is 26.3 Å². The predicted octanol–water partition coefficient (Wildman–Crippen LogP) is 2.77. The molecule has 0 saturated heterocycles. The molecular formula is C14H20N2O5. The smallest absolute Gasteiger partial charge is 0.335 e. The number of rotatable bonds is 8. The van der Waals surface area contributed by atoms with Crippen molar-refractivity contribution in [3.8, 4) is 0 Å². The predicted molar refractivity (Wildman–Crippen MR) is 78.8 cm³/mol. The second kappa shape index (κ2) is 7.03. The number of hydrogen-bond donors (Lipinski definition) is 2. The van der Waals surface area contributed by atoms with Gasteiger partial charge in [-0.2, -0.15) is 0 Å². The van der Waals surface area contributed by atoms with Crippen LogP contribution in [0.15, 0.2) is 18.2 Å². The normalized spacial score (nSPS) is 11.2.